The zero-order valence-electron chi connectivity index (χ0n) is 16.4. The highest BCUT2D eigenvalue weighted by Gasteiger charge is 2.32. The summed E-state index contributed by atoms with van der Waals surface area (Å²) in [6, 6.07) is 4.82. The van der Waals surface area contributed by atoms with E-state index in [0.29, 0.717) is 42.6 Å². The number of hydrogen-bond acceptors (Lipinski definition) is 5. The average molecular weight is 399 g/mol. The molecule has 9 heteroatoms. The molecule has 154 valence electrons. The summed E-state index contributed by atoms with van der Waals surface area (Å²) in [5.74, 6) is -0.0780. The van der Waals surface area contributed by atoms with Gasteiger partial charge in [0.05, 0.1) is 17.4 Å². The van der Waals surface area contributed by atoms with E-state index in [1.807, 2.05) is 4.90 Å². The highest BCUT2D eigenvalue weighted by molar-refractivity contribution is 5.97. The van der Waals surface area contributed by atoms with Crippen molar-refractivity contribution in [3.05, 3.63) is 44.6 Å². The van der Waals surface area contributed by atoms with E-state index in [4.69, 9.17) is 0 Å². The first-order valence-corrected chi connectivity index (χ1v) is 10.1. The van der Waals surface area contributed by atoms with E-state index in [0.717, 1.165) is 24.0 Å². The number of nitrogens with one attached hydrogen (secondary N) is 2. The third-order valence-corrected chi connectivity index (χ3v) is 5.80. The lowest BCUT2D eigenvalue weighted by atomic mass is 10.0. The first kappa shape index (κ1) is 19.4. The Balaban J connectivity index is 1.58. The fraction of sp³-hybridized carbons (Fsp3) is 0.500. The van der Waals surface area contributed by atoms with Crippen molar-refractivity contribution in [2.75, 3.05) is 32.7 Å². The Hall–Kier alpha value is -2.94. The number of piperazine rings is 1. The van der Waals surface area contributed by atoms with E-state index in [1.54, 1.807) is 30.0 Å². The summed E-state index contributed by atoms with van der Waals surface area (Å²) in [5, 5.41) is 3.45. The molecular formula is C20H25N5O4. The normalized spacial score (nSPS) is 20.3. The van der Waals surface area contributed by atoms with E-state index >= 15 is 0 Å². The topological polar surface area (TPSA) is 108 Å². The maximum Gasteiger partial charge on any atom is 0.328 e. The van der Waals surface area contributed by atoms with Gasteiger partial charge in [0, 0.05) is 44.3 Å². The lowest BCUT2D eigenvalue weighted by molar-refractivity contribution is -0.135. The number of carbonyl (C=O) groups excluding carboxylic acids is 2. The van der Waals surface area contributed by atoms with E-state index in [-0.39, 0.29) is 30.0 Å². The van der Waals surface area contributed by atoms with Crippen LogP contribution in [0.5, 0.6) is 0 Å². The minimum atomic E-state index is -0.482. The second kappa shape index (κ2) is 7.82. The van der Waals surface area contributed by atoms with Gasteiger partial charge in [-0.3, -0.25) is 19.0 Å². The molecule has 2 aliphatic heterocycles. The van der Waals surface area contributed by atoms with Crippen LogP contribution in [0.25, 0.3) is 10.9 Å². The lowest BCUT2D eigenvalue weighted by Crippen LogP contribution is -2.57. The number of likely N-dealkylation sites (tertiary alicyclic amines) is 1. The van der Waals surface area contributed by atoms with Gasteiger partial charge in [0.1, 0.15) is 0 Å². The number of fused-ring (bicyclic) bond motifs is 1. The predicted molar refractivity (Wildman–Crippen MR) is 108 cm³/mol. The third kappa shape index (κ3) is 3.57. The van der Waals surface area contributed by atoms with Crippen molar-refractivity contribution in [2.45, 2.75) is 32.4 Å². The van der Waals surface area contributed by atoms with Gasteiger partial charge in [0.2, 0.25) is 5.91 Å². The van der Waals surface area contributed by atoms with Crippen LogP contribution in [-0.2, 0) is 11.3 Å². The molecule has 29 heavy (non-hydrogen) atoms. The average Bonchev–Trinajstić information content (AvgIpc) is 2.73. The maximum absolute atomic E-state index is 13.1. The van der Waals surface area contributed by atoms with E-state index in [1.165, 1.54) is 0 Å². The number of aromatic amines is 1. The minimum Gasteiger partial charge on any atom is -0.337 e. The number of nitrogens with zero attached hydrogens (tertiary/aromatic N) is 3. The molecule has 9 nitrogen and oxygen atoms in total. The minimum absolute atomic E-state index is 0.0271. The molecule has 0 bridgehead atoms. The molecule has 1 unspecified atom stereocenters. The monoisotopic (exact) mass is 399 g/mol. The van der Waals surface area contributed by atoms with Gasteiger partial charge in [-0.25, -0.2) is 4.79 Å². The van der Waals surface area contributed by atoms with Gasteiger partial charge < -0.3 is 20.1 Å². The van der Waals surface area contributed by atoms with Gasteiger partial charge in [-0.05, 0) is 38.0 Å². The fourth-order valence-corrected chi connectivity index (χ4v) is 4.26. The molecule has 4 rings (SSSR count). The maximum atomic E-state index is 13.1. The molecule has 2 amide bonds. The Morgan fingerprint density at radius 3 is 2.79 bits per heavy atom. The quantitative estimate of drug-likeness (QED) is 0.740. The van der Waals surface area contributed by atoms with Gasteiger partial charge in [-0.2, -0.15) is 0 Å². The van der Waals surface area contributed by atoms with Crippen LogP contribution < -0.4 is 16.6 Å². The highest BCUT2D eigenvalue weighted by Crippen LogP contribution is 2.20. The van der Waals surface area contributed by atoms with Crippen molar-refractivity contribution in [3.63, 3.8) is 0 Å². The molecule has 0 saturated carbocycles. The number of hydrogen-bond donors (Lipinski definition) is 2. The number of carbonyl (C=O) groups is 2. The van der Waals surface area contributed by atoms with Crippen molar-refractivity contribution in [1.82, 2.24) is 24.7 Å². The van der Waals surface area contributed by atoms with Gasteiger partial charge in [-0.1, -0.05) is 0 Å². The second-order valence-electron chi connectivity index (χ2n) is 7.55. The van der Waals surface area contributed by atoms with Crippen LogP contribution in [0.15, 0.2) is 27.8 Å². The number of amides is 2. The zero-order valence-corrected chi connectivity index (χ0v) is 16.4. The van der Waals surface area contributed by atoms with Gasteiger partial charge in [0.15, 0.2) is 0 Å². The van der Waals surface area contributed by atoms with Gasteiger partial charge >= 0.3 is 5.69 Å². The number of H-pyrrole nitrogens is 1. The van der Waals surface area contributed by atoms with Crippen LogP contribution in [0.2, 0.25) is 0 Å². The Labute approximate surface area is 167 Å². The molecule has 3 heterocycles. The molecule has 0 aliphatic carbocycles. The molecule has 2 N–H and O–H groups in total. The summed E-state index contributed by atoms with van der Waals surface area (Å²) in [6.45, 7) is 4.91. The summed E-state index contributed by atoms with van der Waals surface area (Å²) in [4.78, 5) is 56.1. The third-order valence-electron chi connectivity index (χ3n) is 5.80. The Kier molecular flexibility index (Phi) is 5.23. The molecular weight excluding hydrogens is 374 g/mol. The Bertz CT molecular complexity index is 1070. The van der Waals surface area contributed by atoms with Crippen molar-refractivity contribution < 1.29 is 9.59 Å². The van der Waals surface area contributed by atoms with Crippen molar-refractivity contribution in [2.24, 2.45) is 0 Å². The van der Waals surface area contributed by atoms with Crippen LogP contribution in [0.3, 0.4) is 0 Å². The number of benzene rings is 1. The van der Waals surface area contributed by atoms with Crippen LogP contribution in [0.1, 0.15) is 30.1 Å². The number of aromatic nitrogens is 2. The molecule has 1 aromatic heterocycles. The summed E-state index contributed by atoms with van der Waals surface area (Å²) >= 11 is 0. The smallest absolute Gasteiger partial charge is 0.328 e. The first-order valence-electron chi connectivity index (χ1n) is 10.1. The molecule has 1 atom stereocenters. The summed E-state index contributed by atoms with van der Waals surface area (Å²) < 4.78 is 1.13. The molecule has 2 fully saturated rings. The standard InChI is InChI=1S/C20H25N5O4/c1-2-24-19(28)15-6-5-13(10-16(15)22-20(24)29)18(27)23-8-3-4-14(12-23)25-9-7-21-11-17(25)26/h5-6,10,14,21H,2-4,7-9,11-12H2,1H3,(H,22,29). The van der Waals surface area contributed by atoms with Crippen LogP contribution in [-0.4, -0.2) is 69.9 Å². The summed E-state index contributed by atoms with van der Waals surface area (Å²) in [5.41, 5.74) is -0.0548. The lowest BCUT2D eigenvalue weighted by Gasteiger charge is -2.41. The molecule has 1 aromatic carbocycles. The first-order chi connectivity index (χ1) is 14.0. The van der Waals surface area contributed by atoms with Crippen molar-refractivity contribution >= 4 is 22.7 Å². The van der Waals surface area contributed by atoms with Gasteiger partial charge in [-0.15, -0.1) is 0 Å². The second-order valence-corrected chi connectivity index (χ2v) is 7.55. The van der Waals surface area contributed by atoms with Crippen LogP contribution in [0.4, 0.5) is 0 Å². The summed E-state index contributed by atoms with van der Waals surface area (Å²) in [6.07, 6.45) is 1.72. The predicted octanol–water partition coefficient (Wildman–Crippen LogP) is -0.254. The van der Waals surface area contributed by atoms with Crippen LogP contribution in [0, 0.1) is 0 Å². The fourth-order valence-electron chi connectivity index (χ4n) is 4.26. The van der Waals surface area contributed by atoms with Crippen molar-refractivity contribution in [1.29, 1.82) is 0 Å². The van der Waals surface area contributed by atoms with Crippen molar-refractivity contribution in [3.8, 4) is 0 Å². The molecule has 2 aliphatic rings. The largest absolute Gasteiger partial charge is 0.337 e. The number of rotatable bonds is 3. The molecule has 2 saturated heterocycles. The Morgan fingerprint density at radius 2 is 2.03 bits per heavy atom. The highest BCUT2D eigenvalue weighted by atomic mass is 16.2. The van der Waals surface area contributed by atoms with E-state index < -0.39 is 5.69 Å². The van der Waals surface area contributed by atoms with E-state index in [9.17, 15) is 19.2 Å². The number of piperidine rings is 1. The molecule has 0 radical (unpaired) electrons. The molecule has 0 spiro atoms. The summed E-state index contributed by atoms with van der Waals surface area (Å²) in [7, 11) is 0. The molecule has 2 aromatic rings. The van der Waals surface area contributed by atoms with Crippen LogP contribution >= 0.6 is 0 Å². The van der Waals surface area contributed by atoms with E-state index in [2.05, 4.69) is 10.3 Å². The zero-order chi connectivity index (χ0) is 20.5. The Morgan fingerprint density at radius 1 is 1.21 bits per heavy atom. The SMILES string of the molecule is CCn1c(=O)[nH]c2cc(C(=O)N3CCCC(N4CCNCC4=O)C3)ccc2c1=O. The van der Waals surface area contributed by atoms with Gasteiger partial charge in [0.25, 0.3) is 11.5 Å².